The first kappa shape index (κ1) is 24.3. The van der Waals surface area contributed by atoms with Crippen molar-refractivity contribution in [3.63, 3.8) is 0 Å². The minimum atomic E-state index is -0.595. The summed E-state index contributed by atoms with van der Waals surface area (Å²) in [4.78, 5) is 50.3. The topological polar surface area (TPSA) is 92.7 Å². The molecule has 0 bridgehead atoms. The van der Waals surface area contributed by atoms with Gasteiger partial charge >= 0.3 is 5.97 Å². The summed E-state index contributed by atoms with van der Waals surface area (Å²) < 4.78 is 5.28. The quantitative estimate of drug-likeness (QED) is 0.609. The maximum atomic E-state index is 12.8. The molecule has 174 valence electrons. The summed E-state index contributed by atoms with van der Waals surface area (Å²) in [6.07, 6.45) is 1.61. The van der Waals surface area contributed by atoms with Crippen LogP contribution in [0.4, 0.5) is 0 Å². The lowest BCUT2D eigenvalue weighted by atomic mass is 9.97. The normalized spacial score (nSPS) is 15.0. The van der Waals surface area contributed by atoms with Crippen LogP contribution >= 0.6 is 22.7 Å². The van der Waals surface area contributed by atoms with E-state index in [-0.39, 0.29) is 24.3 Å². The zero-order valence-electron chi connectivity index (χ0n) is 19.4. The summed E-state index contributed by atoms with van der Waals surface area (Å²) in [7, 11) is 1.57. The smallest absolute Gasteiger partial charge is 0.326 e. The number of thiazole rings is 2. The fourth-order valence-corrected chi connectivity index (χ4v) is 5.46. The van der Waals surface area contributed by atoms with Crippen molar-refractivity contribution >= 4 is 40.5 Å². The second-order valence-corrected chi connectivity index (χ2v) is 11.1. The average Bonchev–Trinajstić information content (AvgIpc) is 3.32. The lowest BCUT2D eigenvalue weighted by molar-refractivity contribution is -0.155. The predicted octanol–water partition coefficient (Wildman–Crippen LogP) is 3.65. The van der Waals surface area contributed by atoms with E-state index in [0.29, 0.717) is 18.8 Å². The predicted molar refractivity (Wildman–Crippen MR) is 124 cm³/mol. The van der Waals surface area contributed by atoms with Gasteiger partial charge in [-0.25, -0.2) is 9.97 Å². The molecule has 0 aromatic carbocycles. The Kier molecular flexibility index (Phi) is 7.34. The number of hydrogen-bond acceptors (Lipinski definition) is 8. The maximum absolute atomic E-state index is 12.8. The molecule has 32 heavy (non-hydrogen) atoms. The summed E-state index contributed by atoms with van der Waals surface area (Å²) in [6, 6.07) is 0. The second kappa shape index (κ2) is 9.66. The number of piperidine rings is 1. The molecule has 1 saturated heterocycles. The van der Waals surface area contributed by atoms with Crippen LogP contribution in [0.25, 0.3) is 0 Å². The van der Waals surface area contributed by atoms with Gasteiger partial charge in [0.25, 0.3) is 11.8 Å². The van der Waals surface area contributed by atoms with Gasteiger partial charge in [0.15, 0.2) is 0 Å². The lowest BCUT2D eigenvalue weighted by Gasteiger charge is -2.30. The van der Waals surface area contributed by atoms with Gasteiger partial charge in [0.2, 0.25) is 0 Å². The molecule has 0 radical (unpaired) electrons. The van der Waals surface area contributed by atoms with Crippen molar-refractivity contribution in [3.05, 3.63) is 31.7 Å². The Morgan fingerprint density at radius 1 is 1.19 bits per heavy atom. The Labute approximate surface area is 196 Å². The van der Waals surface area contributed by atoms with Gasteiger partial charge < -0.3 is 14.5 Å². The summed E-state index contributed by atoms with van der Waals surface area (Å²) in [5.74, 6) is -0.495. The number of carbonyl (C=O) groups is 3. The number of nitrogens with zero attached hydrogens (tertiary/aromatic N) is 4. The fourth-order valence-electron chi connectivity index (χ4n) is 3.61. The number of aryl methyl sites for hydroxylation is 2. The molecule has 2 aromatic rings. The zero-order chi connectivity index (χ0) is 23.6. The van der Waals surface area contributed by atoms with Gasteiger partial charge in [-0.2, -0.15) is 0 Å². The number of ether oxygens (including phenoxy) is 1. The van der Waals surface area contributed by atoms with Crippen molar-refractivity contribution < 1.29 is 19.1 Å². The highest BCUT2D eigenvalue weighted by Gasteiger charge is 2.29. The minimum Gasteiger partial charge on any atom is -0.459 e. The molecule has 0 aliphatic carbocycles. The summed E-state index contributed by atoms with van der Waals surface area (Å²) in [6.45, 7) is 10.3. The minimum absolute atomic E-state index is 0.0466. The molecule has 0 saturated carbocycles. The van der Waals surface area contributed by atoms with Gasteiger partial charge in [-0.3, -0.25) is 14.4 Å². The van der Waals surface area contributed by atoms with E-state index >= 15 is 0 Å². The molecule has 1 aliphatic rings. The van der Waals surface area contributed by atoms with E-state index in [2.05, 4.69) is 9.97 Å². The van der Waals surface area contributed by atoms with Crippen molar-refractivity contribution in [3.8, 4) is 0 Å². The van der Waals surface area contributed by atoms with Gasteiger partial charge in [-0.1, -0.05) is 0 Å². The Bertz CT molecular complexity index is 1000. The molecule has 3 rings (SSSR count). The van der Waals surface area contributed by atoms with Gasteiger partial charge in [0.1, 0.15) is 22.7 Å². The van der Waals surface area contributed by atoms with E-state index in [9.17, 15) is 14.4 Å². The molecule has 0 atom stereocenters. The highest BCUT2D eigenvalue weighted by Crippen LogP contribution is 2.32. The van der Waals surface area contributed by atoms with Crippen molar-refractivity contribution in [2.24, 2.45) is 0 Å². The van der Waals surface area contributed by atoms with Gasteiger partial charge in [0, 0.05) is 31.4 Å². The average molecular weight is 479 g/mol. The maximum Gasteiger partial charge on any atom is 0.326 e. The number of likely N-dealkylation sites (N-methyl/N-ethyl adjacent to an activating group) is 1. The van der Waals surface area contributed by atoms with E-state index in [4.69, 9.17) is 4.74 Å². The van der Waals surface area contributed by atoms with Crippen molar-refractivity contribution in [2.45, 2.75) is 59.0 Å². The Morgan fingerprint density at radius 2 is 1.84 bits per heavy atom. The van der Waals surface area contributed by atoms with E-state index < -0.39 is 11.6 Å². The molecular formula is C22H30N4O4S2. The Balaban J connectivity index is 1.56. The lowest BCUT2D eigenvalue weighted by Crippen LogP contribution is -2.38. The molecule has 2 amide bonds. The van der Waals surface area contributed by atoms with Crippen LogP contribution in [-0.2, 0) is 9.53 Å². The summed E-state index contributed by atoms with van der Waals surface area (Å²) in [5.41, 5.74) is 0.534. The molecule has 0 N–H and O–H groups in total. The van der Waals surface area contributed by atoms with Crippen LogP contribution in [-0.4, -0.2) is 69.8 Å². The SMILES string of the molecule is Cc1nc(C)c(C(=O)N2CCC(c3nc(C(=O)N(C)CC(=O)OC(C)(C)C)cs3)CC2)s1. The third-order valence-corrected chi connectivity index (χ3v) is 7.17. The van der Waals surface area contributed by atoms with Crippen LogP contribution in [0, 0.1) is 13.8 Å². The van der Waals surface area contributed by atoms with Crippen molar-refractivity contribution in [1.82, 2.24) is 19.8 Å². The highest BCUT2D eigenvalue weighted by molar-refractivity contribution is 7.13. The van der Waals surface area contributed by atoms with Crippen LogP contribution in [0.3, 0.4) is 0 Å². The monoisotopic (exact) mass is 478 g/mol. The van der Waals surface area contributed by atoms with Crippen LogP contribution in [0.5, 0.6) is 0 Å². The number of likely N-dealkylation sites (tertiary alicyclic amines) is 1. The zero-order valence-corrected chi connectivity index (χ0v) is 21.1. The third kappa shape index (κ3) is 5.92. The van der Waals surface area contributed by atoms with Crippen LogP contribution in [0.1, 0.15) is 75.4 Å². The Morgan fingerprint density at radius 3 is 2.41 bits per heavy atom. The summed E-state index contributed by atoms with van der Waals surface area (Å²) >= 11 is 2.90. The molecule has 0 unspecified atom stereocenters. The number of hydrogen-bond donors (Lipinski definition) is 0. The third-order valence-electron chi connectivity index (χ3n) is 5.10. The molecule has 0 spiro atoms. The van der Waals surface area contributed by atoms with Crippen molar-refractivity contribution in [2.75, 3.05) is 26.7 Å². The standard InChI is InChI=1S/C22H30N4O4S2/c1-13-18(32-14(2)23-13)21(29)26-9-7-15(8-10-26)19-24-16(12-31-19)20(28)25(6)11-17(27)30-22(3,4)5/h12,15H,7-11H2,1-6H3. The number of amides is 2. The number of esters is 1. The van der Waals surface area contributed by atoms with Gasteiger partial charge in [-0.15, -0.1) is 22.7 Å². The molecule has 2 aromatic heterocycles. The molecule has 8 nitrogen and oxygen atoms in total. The first-order chi connectivity index (χ1) is 14.9. The van der Waals surface area contributed by atoms with E-state index in [0.717, 1.165) is 33.4 Å². The molecular weight excluding hydrogens is 448 g/mol. The number of carbonyl (C=O) groups excluding carboxylic acids is 3. The molecule has 1 aliphatic heterocycles. The fraction of sp³-hybridized carbons (Fsp3) is 0.591. The largest absolute Gasteiger partial charge is 0.459 e. The van der Waals surface area contributed by atoms with Crippen molar-refractivity contribution in [1.29, 1.82) is 0 Å². The van der Waals surface area contributed by atoms with Crippen LogP contribution in [0.2, 0.25) is 0 Å². The van der Waals surface area contributed by atoms with E-state index in [1.165, 1.54) is 27.6 Å². The van der Waals surface area contributed by atoms with Gasteiger partial charge in [0.05, 0.1) is 15.7 Å². The van der Waals surface area contributed by atoms with E-state index in [1.54, 1.807) is 33.2 Å². The van der Waals surface area contributed by atoms with Gasteiger partial charge in [-0.05, 0) is 47.5 Å². The highest BCUT2D eigenvalue weighted by atomic mass is 32.1. The number of aromatic nitrogens is 2. The first-order valence-corrected chi connectivity index (χ1v) is 12.3. The molecule has 1 fully saturated rings. The summed E-state index contributed by atoms with van der Waals surface area (Å²) in [5, 5.41) is 3.54. The van der Waals surface area contributed by atoms with E-state index in [1.807, 2.05) is 18.7 Å². The number of rotatable bonds is 5. The second-order valence-electron chi connectivity index (χ2n) is 9.03. The van der Waals surface area contributed by atoms with Crippen LogP contribution < -0.4 is 0 Å². The molecule has 3 heterocycles. The molecule has 10 heteroatoms. The van der Waals surface area contributed by atoms with Crippen LogP contribution in [0.15, 0.2) is 5.38 Å². The first-order valence-electron chi connectivity index (χ1n) is 10.6. The Hall–Kier alpha value is -2.33.